The first-order valence-corrected chi connectivity index (χ1v) is 9.01. The second-order valence-electron chi connectivity index (χ2n) is 5.87. The summed E-state index contributed by atoms with van der Waals surface area (Å²) in [6.07, 6.45) is 1.33. The number of carbonyl (C=O) groups excluding carboxylic acids is 1. The monoisotopic (exact) mass is 374 g/mol. The van der Waals surface area contributed by atoms with Crippen LogP contribution in [0.25, 0.3) is 0 Å². The van der Waals surface area contributed by atoms with E-state index in [2.05, 4.69) is 12.2 Å². The third kappa shape index (κ3) is 6.16. The summed E-state index contributed by atoms with van der Waals surface area (Å²) in [5.74, 6) is 2.15. The molecular formula is C17H27ClN2O3S. The Kier molecular flexibility index (Phi) is 9.51. The van der Waals surface area contributed by atoms with E-state index in [1.807, 2.05) is 24.3 Å². The molecule has 3 atom stereocenters. The summed E-state index contributed by atoms with van der Waals surface area (Å²) in [5, 5.41) is 2.98. The summed E-state index contributed by atoms with van der Waals surface area (Å²) in [6, 6.07) is 7.97. The minimum Gasteiger partial charge on any atom is -0.496 e. The molecule has 5 nitrogen and oxygen atoms in total. The molecule has 1 fully saturated rings. The predicted molar refractivity (Wildman–Crippen MR) is 100 cm³/mol. The molecule has 1 aliphatic heterocycles. The van der Waals surface area contributed by atoms with E-state index in [1.165, 1.54) is 0 Å². The Hall–Kier alpha value is -0.950. The van der Waals surface area contributed by atoms with Gasteiger partial charge in [-0.05, 0) is 30.9 Å². The van der Waals surface area contributed by atoms with Crippen molar-refractivity contribution >= 4 is 30.1 Å². The van der Waals surface area contributed by atoms with Gasteiger partial charge < -0.3 is 20.5 Å². The molecule has 24 heavy (non-hydrogen) atoms. The summed E-state index contributed by atoms with van der Waals surface area (Å²) in [4.78, 5) is 13.2. The topological polar surface area (TPSA) is 73.6 Å². The second-order valence-corrected chi connectivity index (χ2v) is 6.93. The van der Waals surface area contributed by atoms with Crippen LogP contribution in [0, 0.1) is 5.92 Å². The zero-order valence-corrected chi connectivity index (χ0v) is 15.8. The van der Waals surface area contributed by atoms with E-state index in [-0.39, 0.29) is 30.5 Å². The van der Waals surface area contributed by atoms with Crippen molar-refractivity contribution in [2.75, 3.05) is 26.0 Å². The average molecular weight is 375 g/mol. The van der Waals surface area contributed by atoms with Crippen molar-refractivity contribution < 1.29 is 14.3 Å². The van der Waals surface area contributed by atoms with Crippen LogP contribution in [0.5, 0.6) is 5.75 Å². The fourth-order valence-electron chi connectivity index (χ4n) is 2.49. The van der Waals surface area contributed by atoms with Crippen LogP contribution in [0.2, 0.25) is 0 Å². The Balaban J connectivity index is 0.00000288. The van der Waals surface area contributed by atoms with Gasteiger partial charge in [-0.25, -0.2) is 0 Å². The maximum absolute atomic E-state index is 12.1. The lowest BCUT2D eigenvalue weighted by atomic mass is 10.1. The molecule has 0 spiro atoms. The van der Waals surface area contributed by atoms with Crippen LogP contribution < -0.4 is 15.8 Å². The van der Waals surface area contributed by atoms with E-state index >= 15 is 0 Å². The normalized spacial score (nSPS) is 21.0. The Morgan fingerprint density at radius 3 is 2.88 bits per heavy atom. The van der Waals surface area contributed by atoms with Crippen LogP contribution in [-0.2, 0) is 9.53 Å². The van der Waals surface area contributed by atoms with Gasteiger partial charge in [-0.3, -0.25) is 4.79 Å². The number of carbonyl (C=O) groups is 1. The van der Waals surface area contributed by atoms with Gasteiger partial charge in [-0.15, -0.1) is 24.2 Å². The highest BCUT2D eigenvalue weighted by Gasteiger charge is 2.29. The van der Waals surface area contributed by atoms with Crippen LogP contribution in [0.15, 0.2) is 29.2 Å². The zero-order chi connectivity index (χ0) is 16.7. The van der Waals surface area contributed by atoms with Crippen LogP contribution >= 0.6 is 24.2 Å². The molecule has 1 aromatic carbocycles. The molecule has 1 unspecified atom stereocenters. The third-order valence-electron chi connectivity index (χ3n) is 3.88. The van der Waals surface area contributed by atoms with E-state index in [1.54, 1.807) is 18.9 Å². The van der Waals surface area contributed by atoms with Crippen molar-refractivity contribution in [2.45, 2.75) is 36.9 Å². The van der Waals surface area contributed by atoms with Gasteiger partial charge in [0.1, 0.15) is 11.9 Å². The number of halogens is 1. The molecule has 1 amide bonds. The van der Waals surface area contributed by atoms with E-state index in [0.717, 1.165) is 29.2 Å². The minimum absolute atomic E-state index is 0. The van der Waals surface area contributed by atoms with Crippen LogP contribution in [-0.4, -0.2) is 44.1 Å². The fourth-order valence-corrected chi connectivity index (χ4v) is 3.54. The standard InChI is InChI=1S/C17H26N2O3S.ClH/c1-12(11-23-16-6-4-3-5-14(16)21-2)10-19-17(20)15-8-7-13(9-18)22-15;/h3-6,12-13,15H,7-11,18H2,1-2H3,(H,19,20);1H/t12?,13-,15+;/m1./s1. The molecule has 0 aromatic heterocycles. The highest BCUT2D eigenvalue weighted by atomic mass is 35.5. The largest absolute Gasteiger partial charge is 0.496 e. The SMILES string of the molecule is COc1ccccc1SCC(C)CNC(=O)[C@@H]1CC[C@H](CN)O1.Cl. The Morgan fingerprint density at radius 2 is 2.21 bits per heavy atom. The molecular weight excluding hydrogens is 348 g/mol. The number of para-hydroxylation sites is 1. The van der Waals surface area contributed by atoms with E-state index in [9.17, 15) is 4.79 Å². The number of thioether (sulfide) groups is 1. The summed E-state index contributed by atoms with van der Waals surface area (Å²) in [5.41, 5.74) is 5.57. The highest BCUT2D eigenvalue weighted by molar-refractivity contribution is 7.99. The second kappa shape index (κ2) is 10.8. The van der Waals surface area contributed by atoms with Gasteiger partial charge in [0.25, 0.3) is 0 Å². The minimum atomic E-state index is -0.336. The first-order chi connectivity index (χ1) is 11.1. The first-order valence-electron chi connectivity index (χ1n) is 8.03. The molecule has 0 aliphatic carbocycles. The molecule has 1 heterocycles. The van der Waals surface area contributed by atoms with Gasteiger partial charge in [0.2, 0.25) is 5.91 Å². The maximum atomic E-state index is 12.1. The van der Waals surface area contributed by atoms with Crippen LogP contribution in [0.3, 0.4) is 0 Å². The number of hydrogen-bond donors (Lipinski definition) is 2. The van der Waals surface area contributed by atoms with E-state index in [4.69, 9.17) is 15.2 Å². The molecule has 3 N–H and O–H groups in total. The smallest absolute Gasteiger partial charge is 0.249 e. The van der Waals surface area contributed by atoms with Crippen LogP contribution in [0.4, 0.5) is 0 Å². The fraction of sp³-hybridized carbons (Fsp3) is 0.588. The summed E-state index contributed by atoms with van der Waals surface area (Å²) >= 11 is 1.74. The third-order valence-corrected chi connectivity index (χ3v) is 5.26. The molecule has 1 aliphatic rings. The number of nitrogens with two attached hydrogens (primary N) is 1. The van der Waals surface area contributed by atoms with Crippen molar-refractivity contribution in [3.63, 3.8) is 0 Å². The molecule has 1 aromatic rings. The van der Waals surface area contributed by atoms with Gasteiger partial charge in [-0.1, -0.05) is 19.1 Å². The van der Waals surface area contributed by atoms with Gasteiger partial charge >= 0.3 is 0 Å². The molecule has 0 bridgehead atoms. The van der Waals surface area contributed by atoms with Gasteiger partial charge in [-0.2, -0.15) is 0 Å². The molecule has 2 rings (SSSR count). The summed E-state index contributed by atoms with van der Waals surface area (Å²) in [7, 11) is 1.68. The molecule has 7 heteroatoms. The maximum Gasteiger partial charge on any atom is 0.249 e. The molecule has 1 saturated heterocycles. The Morgan fingerprint density at radius 1 is 1.46 bits per heavy atom. The first kappa shape index (κ1) is 21.1. The van der Waals surface area contributed by atoms with E-state index < -0.39 is 0 Å². The molecule has 136 valence electrons. The number of nitrogens with one attached hydrogen (secondary N) is 1. The lowest BCUT2D eigenvalue weighted by molar-refractivity contribution is -0.131. The van der Waals surface area contributed by atoms with Crippen molar-refractivity contribution in [3.05, 3.63) is 24.3 Å². The number of rotatable bonds is 8. The Labute approximate surface area is 154 Å². The lowest BCUT2D eigenvalue weighted by Crippen LogP contribution is -2.38. The van der Waals surface area contributed by atoms with Crippen molar-refractivity contribution in [1.82, 2.24) is 5.32 Å². The number of hydrogen-bond acceptors (Lipinski definition) is 5. The summed E-state index contributed by atoms with van der Waals surface area (Å²) < 4.78 is 11.0. The number of benzene rings is 1. The van der Waals surface area contributed by atoms with Gasteiger partial charge in [0.15, 0.2) is 0 Å². The predicted octanol–water partition coefficient (Wildman–Crippen LogP) is 2.47. The van der Waals surface area contributed by atoms with Gasteiger partial charge in [0, 0.05) is 23.7 Å². The highest BCUT2D eigenvalue weighted by Crippen LogP contribution is 2.29. The lowest BCUT2D eigenvalue weighted by Gasteiger charge is -2.16. The van der Waals surface area contributed by atoms with Crippen molar-refractivity contribution in [1.29, 1.82) is 0 Å². The average Bonchev–Trinajstić information content (AvgIpc) is 3.07. The number of amides is 1. The number of ether oxygens (including phenoxy) is 2. The van der Waals surface area contributed by atoms with Crippen molar-refractivity contribution in [2.24, 2.45) is 11.7 Å². The molecule has 0 saturated carbocycles. The van der Waals surface area contributed by atoms with E-state index in [0.29, 0.717) is 19.0 Å². The summed E-state index contributed by atoms with van der Waals surface area (Å²) in [6.45, 7) is 3.25. The van der Waals surface area contributed by atoms with Gasteiger partial charge in [0.05, 0.1) is 13.2 Å². The Bertz CT molecular complexity index is 518. The number of methoxy groups -OCH3 is 1. The van der Waals surface area contributed by atoms with Crippen LogP contribution in [0.1, 0.15) is 19.8 Å². The quantitative estimate of drug-likeness (QED) is 0.684. The molecule has 0 radical (unpaired) electrons. The zero-order valence-electron chi connectivity index (χ0n) is 14.2. The van der Waals surface area contributed by atoms with Crippen molar-refractivity contribution in [3.8, 4) is 5.75 Å².